The second-order valence-corrected chi connectivity index (χ2v) is 5.92. The van der Waals surface area contributed by atoms with Gasteiger partial charge in [0.1, 0.15) is 0 Å². The Morgan fingerprint density at radius 3 is 1.40 bits per heavy atom. The normalized spacial score (nSPS) is 10.1. The van der Waals surface area contributed by atoms with E-state index in [1.807, 2.05) is 36.4 Å². The van der Waals surface area contributed by atoms with Gasteiger partial charge in [0.05, 0.1) is 0 Å². The van der Waals surface area contributed by atoms with Gasteiger partial charge in [0.2, 0.25) is 0 Å². The highest BCUT2D eigenvalue weighted by atomic mass is 16.4. The summed E-state index contributed by atoms with van der Waals surface area (Å²) < 4.78 is 0. The van der Waals surface area contributed by atoms with Gasteiger partial charge >= 0.3 is 11.9 Å². The van der Waals surface area contributed by atoms with Gasteiger partial charge in [0.25, 0.3) is 0 Å². The number of hydrogen-bond donors (Lipinski definition) is 4. The molecule has 0 saturated carbocycles. The Balaban J connectivity index is 0.000000250. The maximum atomic E-state index is 10.1. The molecule has 2 rings (SSSR count). The molecule has 0 atom stereocenters. The summed E-state index contributed by atoms with van der Waals surface area (Å²) in [6.07, 6.45) is 4.53. The van der Waals surface area contributed by atoms with E-state index in [-0.39, 0.29) is 12.8 Å². The summed E-state index contributed by atoms with van der Waals surface area (Å²) in [6, 6.07) is 11.6. The van der Waals surface area contributed by atoms with Gasteiger partial charge in [-0.15, -0.1) is 0 Å². The molecule has 6 heteroatoms. The highest BCUT2D eigenvalue weighted by Gasteiger charge is 1.98. The number of nitrogen functional groups attached to an aromatic ring is 2. The van der Waals surface area contributed by atoms with Crippen molar-refractivity contribution in [3.63, 3.8) is 0 Å². The monoisotopic (exact) mass is 346 g/mol. The molecule has 2 aromatic rings. The van der Waals surface area contributed by atoms with Crippen molar-refractivity contribution in [2.75, 3.05) is 11.5 Å². The molecule has 0 fully saturated rings. The molecular formula is C19H26N2O4. The van der Waals surface area contributed by atoms with Crippen LogP contribution in [0.25, 0.3) is 10.8 Å². The maximum absolute atomic E-state index is 10.1. The number of carboxylic acid groups (broad SMARTS) is 2. The number of nitrogens with two attached hydrogens (primary N) is 2. The van der Waals surface area contributed by atoms with Crippen molar-refractivity contribution in [3.05, 3.63) is 36.4 Å². The lowest BCUT2D eigenvalue weighted by molar-refractivity contribution is -0.138. The number of anilines is 2. The minimum absolute atomic E-state index is 0.221. The molecule has 0 amide bonds. The number of fused-ring (bicyclic) bond motifs is 1. The molecule has 0 aliphatic heterocycles. The molecule has 136 valence electrons. The van der Waals surface area contributed by atoms with Crippen molar-refractivity contribution < 1.29 is 19.8 Å². The SMILES string of the molecule is Nc1ccc2cc(N)ccc2c1.O=C(O)CCCCCCCC(=O)O. The molecule has 0 spiro atoms. The Bertz CT molecular complexity index is 642. The Morgan fingerprint density at radius 1 is 0.680 bits per heavy atom. The van der Waals surface area contributed by atoms with Gasteiger partial charge in [-0.25, -0.2) is 0 Å². The van der Waals surface area contributed by atoms with Crippen LogP contribution >= 0.6 is 0 Å². The summed E-state index contributed by atoms with van der Waals surface area (Å²) in [6.45, 7) is 0. The van der Waals surface area contributed by atoms with Gasteiger partial charge in [-0.2, -0.15) is 0 Å². The van der Waals surface area contributed by atoms with Crippen molar-refractivity contribution in [1.29, 1.82) is 0 Å². The number of carboxylic acids is 2. The van der Waals surface area contributed by atoms with Gasteiger partial charge in [-0.3, -0.25) is 9.59 Å². The van der Waals surface area contributed by atoms with Gasteiger partial charge < -0.3 is 21.7 Å². The fraction of sp³-hybridized carbons (Fsp3) is 0.368. The Labute approximate surface area is 147 Å². The molecule has 0 aromatic heterocycles. The topological polar surface area (TPSA) is 127 Å². The van der Waals surface area contributed by atoms with Crippen LogP contribution in [-0.2, 0) is 9.59 Å². The van der Waals surface area contributed by atoms with E-state index < -0.39 is 11.9 Å². The second-order valence-electron chi connectivity index (χ2n) is 5.92. The fourth-order valence-corrected chi connectivity index (χ4v) is 2.37. The third-order valence-corrected chi connectivity index (χ3v) is 3.67. The van der Waals surface area contributed by atoms with Crippen molar-refractivity contribution in [1.82, 2.24) is 0 Å². The van der Waals surface area contributed by atoms with E-state index in [2.05, 4.69) is 0 Å². The lowest BCUT2D eigenvalue weighted by Gasteiger charge is -1.99. The molecule has 0 unspecified atom stereocenters. The lowest BCUT2D eigenvalue weighted by Crippen LogP contribution is -1.95. The molecule has 0 heterocycles. The highest BCUT2D eigenvalue weighted by molar-refractivity contribution is 5.87. The zero-order chi connectivity index (χ0) is 18.7. The number of hydrogen-bond acceptors (Lipinski definition) is 4. The number of rotatable bonds is 8. The Morgan fingerprint density at radius 2 is 1.04 bits per heavy atom. The van der Waals surface area contributed by atoms with E-state index >= 15 is 0 Å². The third-order valence-electron chi connectivity index (χ3n) is 3.67. The van der Waals surface area contributed by atoms with Crippen molar-refractivity contribution in [2.45, 2.75) is 44.9 Å². The zero-order valence-electron chi connectivity index (χ0n) is 14.3. The Hall–Kier alpha value is -2.76. The smallest absolute Gasteiger partial charge is 0.303 e. The second kappa shape index (κ2) is 10.9. The van der Waals surface area contributed by atoms with Gasteiger partial charge in [0, 0.05) is 24.2 Å². The quantitative estimate of drug-likeness (QED) is 0.424. The van der Waals surface area contributed by atoms with Gasteiger partial charge in [-0.05, 0) is 47.9 Å². The Kier molecular flexibility index (Phi) is 8.85. The standard InChI is InChI=1S/C10H10N2.C9H16O4/c11-9-3-1-7-5-10(12)4-2-8(7)6-9;10-8(11)6-4-2-1-3-5-7-9(12)13/h1-6H,11-12H2;1-7H2,(H,10,11)(H,12,13). The van der Waals surface area contributed by atoms with E-state index in [0.717, 1.165) is 41.4 Å². The predicted molar refractivity (Wildman–Crippen MR) is 100 cm³/mol. The largest absolute Gasteiger partial charge is 0.481 e. The lowest BCUT2D eigenvalue weighted by atomic mass is 10.1. The van der Waals surface area contributed by atoms with Crippen molar-refractivity contribution in [3.8, 4) is 0 Å². The first-order valence-electron chi connectivity index (χ1n) is 8.37. The molecule has 6 nitrogen and oxygen atoms in total. The van der Waals surface area contributed by atoms with Crippen LogP contribution in [0.5, 0.6) is 0 Å². The summed E-state index contributed by atoms with van der Waals surface area (Å²) >= 11 is 0. The van der Waals surface area contributed by atoms with Crippen LogP contribution in [0.1, 0.15) is 44.9 Å². The maximum Gasteiger partial charge on any atom is 0.303 e. The summed E-state index contributed by atoms with van der Waals surface area (Å²) in [5.41, 5.74) is 12.8. The number of carbonyl (C=O) groups is 2. The van der Waals surface area contributed by atoms with Crippen LogP contribution < -0.4 is 11.5 Å². The molecule has 2 aromatic carbocycles. The van der Waals surface area contributed by atoms with E-state index in [4.69, 9.17) is 21.7 Å². The molecular weight excluding hydrogens is 320 g/mol. The van der Waals surface area contributed by atoms with Crippen LogP contribution in [0, 0.1) is 0 Å². The van der Waals surface area contributed by atoms with Gasteiger partial charge in [-0.1, -0.05) is 31.4 Å². The first kappa shape index (κ1) is 20.3. The van der Waals surface area contributed by atoms with Crippen LogP contribution in [0.4, 0.5) is 11.4 Å². The third kappa shape index (κ3) is 9.20. The van der Waals surface area contributed by atoms with Gasteiger partial charge in [0.15, 0.2) is 0 Å². The van der Waals surface area contributed by atoms with Crippen molar-refractivity contribution >= 4 is 34.1 Å². The number of benzene rings is 2. The fourth-order valence-electron chi connectivity index (χ4n) is 2.37. The van der Waals surface area contributed by atoms with E-state index in [1.54, 1.807) is 0 Å². The van der Waals surface area contributed by atoms with E-state index in [0.29, 0.717) is 12.8 Å². The van der Waals surface area contributed by atoms with Crippen LogP contribution in [0.2, 0.25) is 0 Å². The molecule has 6 N–H and O–H groups in total. The summed E-state index contributed by atoms with van der Waals surface area (Å²) in [5, 5.41) is 18.9. The van der Waals surface area contributed by atoms with Crippen LogP contribution in [-0.4, -0.2) is 22.2 Å². The average molecular weight is 346 g/mol. The summed E-state index contributed by atoms with van der Waals surface area (Å²) in [4.78, 5) is 20.2. The summed E-state index contributed by atoms with van der Waals surface area (Å²) in [7, 11) is 0. The first-order chi connectivity index (χ1) is 11.9. The molecule has 25 heavy (non-hydrogen) atoms. The average Bonchev–Trinajstić information content (AvgIpc) is 2.54. The van der Waals surface area contributed by atoms with Crippen LogP contribution in [0.3, 0.4) is 0 Å². The highest BCUT2D eigenvalue weighted by Crippen LogP contribution is 2.19. The molecule has 0 radical (unpaired) electrons. The first-order valence-corrected chi connectivity index (χ1v) is 8.37. The van der Waals surface area contributed by atoms with E-state index in [9.17, 15) is 9.59 Å². The number of aliphatic carboxylic acids is 2. The molecule has 0 aliphatic carbocycles. The zero-order valence-corrected chi connectivity index (χ0v) is 14.3. The molecule has 0 aliphatic rings. The van der Waals surface area contributed by atoms with Crippen LogP contribution in [0.15, 0.2) is 36.4 Å². The number of unbranched alkanes of at least 4 members (excludes halogenated alkanes) is 4. The summed E-state index contributed by atoms with van der Waals surface area (Å²) in [5.74, 6) is -1.52. The molecule has 0 bridgehead atoms. The molecule has 0 saturated heterocycles. The minimum atomic E-state index is -0.759. The predicted octanol–water partition coefficient (Wildman–Crippen LogP) is 3.89. The van der Waals surface area contributed by atoms with E-state index in [1.165, 1.54) is 0 Å². The van der Waals surface area contributed by atoms with Crippen molar-refractivity contribution in [2.24, 2.45) is 0 Å². The minimum Gasteiger partial charge on any atom is -0.481 e.